The van der Waals surface area contributed by atoms with Gasteiger partial charge in [0.2, 0.25) is 5.78 Å². The lowest BCUT2D eigenvalue weighted by molar-refractivity contribution is -0.149. The van der Waals surface area contributed by atoms with Gasteiger partial charge in [0, 0.05) is 30.5 Å². The third-order valence-corrected chi connectivity index (χ3v) is 9.89. The van der Waals surface area contributed by atoms with Crippen LogP contribution in [0.15, 0.2) is 24.3 Å². The molecule has 0 bridgehead atoms. The summed E-state index contributed by atoms with van der Waals surface area (Å²) in [5.41, 5.74) is 0.681. The number of fused-ring (bicyclic) bond motifs is 3. The average Bonchev–Trinajstić information content (AvgIpc) is 3.70. The number of ketones is 1. The Balaban J connectivity index is 1.36. The van der Waals surface area contributed by atoms with Crippen LogP contribution in [0.5, 0.6) is 0 Å². The Bertz CT molecular complexity index is 1390. The largest absolute Gasteiger partial charge is 0.469 e. The second-order valence-electron chi connectivity index (χ2n) is 14.1. The van der Waals surface area contributed by atoms with Crippen molar-refractivity contribution < 1.29 is 23.9 Å². The minimum absolute atomic E-state index is 0.0597. The van der Waals surface area contributed by atoms with E-state index in [1.807, 2.05) is 45.0 Å². The first kappa shape index (κ1) is 26.3. The fourth-order valence-corrected chi connectivity index (χ4v) is 9.12. The van der Waals surface area contributed by atoms with Crippen molar-refractivity contribution in [2.75, 3.05) is 20.2 Å². The number of rotatable bonds is 6. The number of carbonyl (C=O) groups excluding carboxylic acids is 3. The normalized spacial score (nSPS) is 34.2. The molecule has 1 saturated heterocycles. The topological polar surface area (TPSA) is 90.7 Å². The zero-order valence-electron chi connectivity index (χ0n) is 24.4. The van der Waals surface area contributed by atoms with Crippen LogP contribution in [0.2, 0.25) is 0 Å². The van der Waals surface area contributed by atoms with Crippen molar-refractivity contribution in [3.8, 4) is 0 Å². The lowest BCUT2D eigenvalue weighted by Crippen LogP contribution is -2.51. The Morgan fingerprint density at radius 1 is 1.13 bits per heavy atom. The number of piperidine rings is 1. The van der Waals surface area contributed by atoms with Gasteiger partial charge in [-0.2, -0.15) is 0 Å². The summed E-state index contributed by atoms with van der Waals surface area (Å²) < 4.78 is 12.9. The molecule has 0 N–H and O–H groups in total. The Morgan fingerprint density at radius 2 is 1.82 bits per heavy atom. The van der Waals surface area contributed by atoms with Gasteiger partial charge in [0.05, 0.1) is 24.1 Å². The second-order valence-corrected chi connectivity index (χ2v) is 14.1. The first-order valence-electron chi connectivity index (χ1n) is 14.3. The molecule has 8 heteroatoms. The van der Waals surface area contributed by atoms with E-state index in [9.17, 15) is 14.4 Å². The maximum Gasteiger partial charge on any atom is 0.410 e. The first-order chi connectivity index (χ1) is 18.3. The highest BCUT2D eigenvalue weighted by Gasteiger charge is 3.18. The number of amides is 1. The van der Waals surface area contributed by atoms with Gasteiger partial charge < -0.3 is 18.9 Å². The van der Waals surface area contributed by atoms with Gasteiger partial charge in [0.15, 0.2) is 5.82 Å². The van der Waals surface area contributed by atoms with Crippen LogP contribution in [0.3, 0.4) is 0 Å². The molecular formula is C31H41N3O5. The number of ether oxygens (including phenoxy) is 2. The highest BCUT2D eigenvalue weighted by Crippen LogP contribution is 3.17. The molecule has 2 aromatic rings. The van der Waals surface area contributed by atoms with Gasteiger partial charge in [-0.25, -0.2) is 9.78 Å². The molecule has 2 heterocycles. The number of aromatic nitrogens is 2. The first-order valence-corrected chi connectivity index (χ1v) is 14.3. The lowest BCUT2D eigenvalue weighted by Gasteiger charge is -2.41. The second kappa shape index (κ2) is 8.07. The maximum absolute atomic E-state index is 14.4. The van der Waals surface area contributed by atoms with Crippen LogP contribution in [-0.4, -0.2) is 58.1 Å². The van der Waals surface area contributed by atoms with E-state index in [1.54, 1.807) is 4.90 Å². The molecule has 1 aliphatic heterocycles. The molecule has 1 amide bonds. The molecule has 6 atom stereocenters. The highest BCUT2D eigenvalue weighted by molar-refractivity contribution is 6.05. The minimum atomic E-state index is -0.636. The number of methoxy groups -OCH3 is 1. The van der Waals surface area contributed by atoms with E-state index in [2.05, 4.69) is 32.3 Å². The van der Waals surface area contributed by atoms with Crippen LogP contribution < -0.4 is 0 Å². The summed E-state index contributed by atoms with van der Waals surface area (Å²) in [6.45, 7) is 14.9. The van der Waals surface area contributed by atoms with Gasteiger partial charge in [-0.1, -0.05) is 26.0 Å². The molecule has 210 valence electrons. The lowest BCUT2D eigenvalue weighted by atomic mass is 9.74. The molecule has 5 unspecified atom stereocenters. The van der Waals surface area contributed by atoms with E-state index in [1.165, 1.54) is 7.11 Å². The van der Waals surface area contributed by atoms with Crippen molar-refractivity contribution >= 4 is 28.9 Å². The fraction of sp³-hybridized carbons (Fsp3) is 0.677. The summed E-state index contributed by atoms with van der Waals surface area (Å²) in [5, 5.41) is 0. The van der Waals surface area contributed by atoms with Crippen molar-refractivity contribution in [2.24, 2.45) is 39.9 Å². The van der Waals surface area contributed by atoms with Crippen LogP contribution in [0, 0.1) is 39.9 Å². The molecule has 1 aromatic heterocycles. The van der Waals surface area contributed by atoms with Crippen LogP contribution in [0.1, 0.15) is 78.0 Å². The van der Waals surface area contributed by atoms with Gasteiger partial charge in [0.25, 0.3) is 0 Å². The van der Waals surface area contributed by atoms with Gasteiger partial charge >= 0.3 is 12.1 Å². The van der Waals surface area contributed by atoms with E-state index >= 15 is 0 Å². The van der Waals surface area contributed by atoms with E-state index in [4.69, 9.17) is 14.5 Å². The molecule has 39 heavy (non-hydrogen) atoms. The van der Waals surface area contributed by atoms with Crippen molar-refractivity contribution in [1.29, 1.82) is 0 Å². The third-order valence-electron chi connectivity index (χ3n) is 9.89. The van der Waals surface area contributed by atoms with E-state index < -0.39 is 17.6 Å². The Kier molecular flexibility index (Phi) is 5.45. The number of para-hydroxylation sites is 2. The highest BCUT2D eigenvalue weighted by atomic mass is 16.6. The van der Waals surface area contributed by atoms with E-state index in [0.717, 1.165) is 17.5 Å². The molecule has 3 saturated carbocycles. The Hall–Kier alpha value is -2.90. The number of nitrogens with zero attached hydrogens (tertiary/aromatic N) is 3. The summed E-state index contributed by atoms with van der Waals surface area (Å²) in [6.07, 6.45) is 1.21. The Labute approximate surface area is 230 Å². The average molecular weight is 536 g/mol. The van der Waals surface area contributed by atoms with Crippen molar-refractivity contribution in [1.82, 2.24) is 14.5 Å². The number of imidazole rings is 1. The molecule has 3 aliphatic carbocycles. The summed E-state index contributed by atoms with van der Waals surface area (Å²) in [5.74, 6) is 0.558. The standard InChI is InChI=1S/C31H41N3O5/c1-17(2)13-30-23(22(35)24-32-20-11-9-10-12-21(20)34(24)18(3)4)31(30)26(30)29(31)14-19(25(36)38-8)15-33(16-29)27(37)39-28(5,6)7/h9-12,17-19,23,26H,13-16H2,1-8H3/t19-,23?,26?,29?,30?,31?/m1/s1. The Morgan fingerprint density at radius 3 is 2.44 bits per heavy atom. The van der Waals surface area contributed by atoms with Gasteiger partial charge in [-0.15, -0.1) is 0 Å². The number of esters is 1. The van der Waals surface area contributed by atoms with Crippen LogP contribution in [0.25, 0.3) is 11.0 Å². The van der Waals surface area contributed by atoms with Crippen molar-refractivity contribution in [3.05, 3.63) is 30.1 Å². The zero-order valence-corrected chi connectivity index (χ0v) is 24.4. The molecular weight excluding hydrogens is 494 g/mol. The molecule has 4 fully saturated rings. The number of carbonyl (C=O) groups is 3. The number of benzene rings is 1. The number of hydrogen-bond acceptors (Lipinski definition) is 6. The summed E-state index contributed by atoms with van der Waals surface area (Å²) in [7, 11) is 1.40. The summed E-state index contributed by atoms with van der Waals surface area (Å²) in [4.78, 5) is 46.9. The minimum Gasteiger partial charge on any atom is -0.469 e. The molecule has 4 aliphatic rings. The monoisotopic (exact) mass is 535 g/mol. The molecule has 2 spiro atoms. The predicted octanol–water partition coefficient (Wildman–Crippen LogP) is 5.51. The van der Waals surface area contributed by atoms with Crippen LogP contribution in [-0.2, 0) is 14.3 Å². The van der Waals surface area contributed by atoms with Gasteiger partial charge in [0.1, 0.15) is 5.60 Å². The fourth-order valence-electron chi connectivity index (χ4n) is 9.12. The van der Waals surface area contributed by atoms with E-state index in [-0.39, 0.29) is 46.5 Å². The zero-order chi connectivity index (χ0) is 28.3. The van der Waals surface area contributed by atoms with Crippen molar-refractivity contribution in [3.63, 3.8) is 0 Å². The number of hydrogen-bond donors (Lipinski definition) is 0. The van der Waals surface area contributed by atoms with Crippen LogP contribution >= 0.6 is 0 Å². The third kappa shape index (κ3) is 3.29. The summed E-state index contributed by atoms with van der Waals surface area (Å²) in [6, 6.07) is 8.01. The summed E-state index contributed by atoms with van der Waals surface area (Å²) >= 11 is 0. The molecule has 1 aromatic carbocycles. The van der Waals surface area contributed by atoms with Crippen LogP contribution in [0.4, 0.5) is 4.79 Å². The SMILES string of the molecule is COC(=O)[C@H]1CN(C(=O)OC(C)(C)C)CC2(C1)C1C3(CC(C)C)C(C(=O)c4nc5ccccc5n4C(C)C)C123. The molecule has 6 rings (SSSR count). The maximum atomic E-state index is 14.4. The van der Waals surface area contributed by atoms with Gasteiger partial charge in [-0.3, -0.25) is 9.59 Å². The molecule has 0 radical (unpaired) electrons. The predicted molar refractivity (Wildman–Crippen MR) is 146 cm³/mol. The number of likely N-dealkylation sites (tertiary alicyclic amines) is 1. The van der Waals surface area contributed by atoms with Crippen molar-refractivity contribution in [2.45, 2.75) is 73.0 Å². The molecule has 8 nitrogen and oxygen atoms in total. The number of Topliss-reactive ketones (excluding diaryl/α,β-unsaturated/α-hetero) is 1. The smallest absolute Gasteiger partial charge is 0.410 e. The van der Waals surface area contributed by atoms with E-state index in [0.29, 0.717) is 30.6 Å². The van der Waals surface area contributed by atoms with Gasteiger partial charge in [-0.05, 0) is 82.3 Å². The quantitative estimate of drug-likeness (QED) is 0.358.